The van der Waals surface area contributed by atoms with E-state index in [2.05, 4.69) is 22.0 Å². The monoisotopic (exact) mass is 208 g/mol. The number of H-pyrrole nitrogens is 1. The third kappa shape index (κ3) is 2.43. The SMILES string of the molecule is C=NN(C)/C=C(\C)c1n[nH]cc1C(=O)O. The standard InChI is InChI=1S/C9H12N4O2/c1-6(5-13(3)10-2)8-7(9(14)15)4-11-12-8/h4-5H,2H2,1,3H3,(H,11,12)(H,14,15)/b6-5+. The zero-order valence-corrected chi connectivity index (χ0v) is 8.56. The number of nitrogens with zero attached hydrogens (tertiary/aromatic N) is 3. The number of carboxylic acids is 1. The minimum atomic E-state index is -1.01. The molecule has 6 nitrogen and oxygen atoms in total. The molecule has 1 rings (SSSR count). The molecule has 0 saturated carbocycles. The van der Waals surface area contributed by atoms with Crippen LogP contribution in [0.25, 0.3) is 5.57 Å². The molecule has 80 valence electrons. The number of carbonyl (C=O) groups is 1. The summed E-state index contributed by atoms with van der Waals surface area (Å²) in [5.41, 5.74) is 1.24. The van der Waals surface area contributed by atoms with Crippen molar-refractivity contribution in [3.05, 3.63) is 23.7 Å². The molecule has 0 aromatic carbocycles. The van der Waals surface area contributed by atoms with Crippen LogP contribution in [0.15, 0.2) is 17.5 Å². The average molecular weight is 208 g/mol. The zero-order valence-electron chi connectivity index (χ0n) is 8.56. The van der Waals surface area contributed by atoms with Crippen LogP contribution in [0, 0.1) is 0 Å². The Kier molecular flexibility index (Phi) is 3.22. The maximum atomic E-state index is 10.8. The molecule has 0 fully saturated rings. The largest absolute Gasteiger partial charge is 0.478 e. The molecule has 1 heterocycles. The molecule has 0 bridgehead atoms. The number of hydrogen-bond donors (Lipinski definition) is 2. The van der Waals surface area contributed by atoms with Gasteiger partial charge in [-0.25, -0.2) is 4.79 Å². The maximum absolute atomic E-state index is 10.8. The Labute approximate surface area is 86.9 Å². The second-order valence-corrected chi connectivity index (χ2v) is 2.98. The minimum absolute atomic E-state index is 0.140. The third-order valence-electron chi connectivity index (χ3n) is 1.85. The molecule has 0 atom stereocenters. The molecule has 0 amide bonds. The molecular weight excluding hydrogens is 196 g/mol. The normalized spacial score (nSPS) is 11.2. The van der Waals surface area contributed by atoms with Gasteiger partial charge in [0.15, 0.2) is 0 Å². The van der Waals surface area contributed by atoms with E-state index in [-0.39, 0.29) is 5.56 Å². The highest BCUT2D eigenvalue weighted by Gasteiger charge is 2.14. The van der Waals surface area contributed by atoms with Gasteiger partial charge in [0.1, 0.15) is 11.3 Å². The first-order valence-corrected chi connectivity index (χ1v) is 4.21. The van der Waals surface area contributed by atoms with E-state index in [1.165, 1.54) is 11.2 Å². The van der Waals surface area contributed by atoms with Crippen LogP contribution >= 0.6 is 0 Å². The number of allylic oxidation sites excluding steroid dienone is 1. The van der Waals surface area contributed by atoms with Crippen LogP contribution in [0.2, 0.25) is 0 Å². The van der Waals surface area contributed by atoms with E-state index in [9.17, 15) is 4.79 Å². The molecule has 0 saturated heterocycles. The van der Waals surface area contributed by atoms with Crippen molar-refractivity contribution in [3.63, 3.8) is 0 Å². The van der Waals surface area contributed by atoms with Gasteiger partial charge < -0.3 is 5.11 Å². The Balaban J connectivity index is 3.05. The summed E-state index contributed by atoms with van der Waals surface area (Å²) in [5, 5.41) is 20.4. The second-order valence-electron chi connectivity index (χ2n) is 2.98. The van der Waals surface area contributed by atoms with Gasteiger partial charge in [-0.3, -0.25) is 10.1 Å². The van der Waals surface area contributed by atoms with Crippen molar-refractivity contribution < 1.29 is 9.90 Å². The molecule has 2 N–H and O–H groups in total. The van der Waals surface area contributed by atoms with Gasteiger partial charge in [-0.05, 0) is 12.5 Å². The Morgan fingerprint density at radius 2 is 2.47 bits per heavy atom. The lowest BCUT2D eigenvalue weighted by molar-refractivity contribution is 0.0696. The molecule has 1 aromatic rings. The third-order valence-corrected chi connectivity index (χ3v) is 1.85. The average Bonchev–Trinajstić information content (AvgIpc) is 2.65. The fourth-order valence-electron chi connectivity index (χ4n) is 1.14. The fourth-order valence-corrected chi connectivity index (χ4v) is 1.14. The number of carboxylic acid groups (broad SMARTS) is 1. The Morgan fingerprint density at radius 3 is 3.00 bits per heavy atom. The molecule has 1 aromatic heterocycles. The summed E-state index contributed by atoms with van der Waals surface area (Å²) in [6, 6.07) is 0. The van der Waals surface area contributed by atoms with Crippen molar-refractivity contribution >= 4 is 18.3 Å². The highest BCUT2D eigenvalue weighted by atomic mass is 16.4. The molecule has 0 aliphatic rings. The van der Waals surface area contributed by atoms with Crippen LogP contribution < -0.4 is 0 Å². The lowest BCUT2D eigenvalue weighted by atomic mass is 10.1. The van der Waals surface area contributed by atoms with Gasteiger partial charge in [-0.2, -0.15) is 10.2 Å². The zero-order chi connectivity index (χ0) is 11.4. The Hall–Kier alpha value is -2.11. The summed E-state index contributed by atoms with van der Waals surface area (Å²) >= 11 is 0. The highest BCUT2D eigenvalue weighted by molar-refractivity contribution is 5.92. The van der Waals surface area contributed by atoms with Crippen molar-refractivity contribution in [1.82, 2.24) is 15.2 Å². The second kappa shape index (κ2) is 4.41. The summed E-state index contributed by atoms with van der Waals surface area (Å²) in [6.45, 7) is 5.09. The van der Waals surface area contributed by atoms with Crippen LogP contribution in [-0.2, 0) is 0 Å². The van der Waals surface area contributed by atoms with Crippen molar-refractivity contribution in [1.29, 1.82) is 0 Å². The van der Waals surface area contributed by atoms with Crippen LogP contribution in [0.3, 0.4) is 0 Å². The predicted molar refractivity (Wildman–Crippen MR) is 56.5 cm³/mol. The van der Waals surface area contributed by atoms with Crippen LogP contribution in [0.5, 0.6) is 0 Å². The highest BCUT2D eigenvalue weighted by Crippen LogP contribution is 2.16. The van der Waals surface area contributed by atoms with Gasteiger partial charge in [0.05, 0.1) is 0 Å². The van der Waals surface area contributed by atoms with E-state index in [1.807, 2.05) is 0 Å². The minimum Gasteiger partial charge on any atom is -0.478 e. The molecular formula is C9H12N4O2. The van der Waals surface area contributed by atoms with Gasteiger partial charge in [0.2, 0.25) is 0 Å². The predicted octanol–water partition coefficient (Wildman–Crippen LogP) is 1.02. The Morgan fingerprint density at radius 1 is 1.80 bits per heavy atom. The molecule has 15 heavy (non-hydrogen) atoms. The maximum Gasteiger partial charge on any atom is 0.339 e. The lowest BCUT2D eigenvalue weighted by Gasteiger charge is -2.06. The van der Waals surface area contributed by atoms with Crippen molar-refractivity contribution in [2.24, 2.45) is 5.10 Å². The van der Waals surface area contributed by atoms with Crippen LogP contribution in [-0.4, -0.2) is 40.0 Å². The number of rotatable bonds is 4. The topological polar surface area (TPSA) is 81.6 Å². The van der Waals surface area contributed by atoms with Crippen molar-refractivity contribution in [2.75, 3.05) is 7.05 Å². The van der Waals surface area contributed by atoms with Gasteiger partial charge in [0.25, 0.3) is 0 Å². The van der Waals surface area contributed by atoms with Crippen LogP contribution in [0.1, 0.15) is 23.0 Å². The number of nitrogens with one attached hydrogen (secondary N) is 1. The van der Waals surface area contributed by atoms with E-state index in [0.717, 1.165) is 0 Å². The summed E-state index contributed by atoms with van der Waals surface area (Å²) in [5.74, 6) is -1.01. The molecule has 0 aliphatic carbocycles. The molecule has 0 aliphatic heterocycles. The number of aromatic amines is 1. The number of hydrazone groups is 1. The van der Waals surface area contributed by atoms with Gasteiger partial charge in [-0.1, -0.05) is 0 Å². The molecule has 6 heteroatoms. The van der Waals surface area contributed by atoms with E-state index in [0.29, 0.717) is 11.3 Å². The van der Waals surface area contributed by atoms with Gasteiger partial charge in [0, 0.05) is 26.2 Å². The van der Waals surface area contributed by atoms with E-state index >= 15 is 0 Å². The van der Waals surface area contributed by atoms with Crippen molar-refractivity contribution in [2.45, 2.75) is 6.92 Å². The van der Waals surface area contributed by atoms with Crippen molar-refractivity contribution in [3.8, 4) is 0 Å². The smallest absolute Gasteiger partial charge is 0.339 e. The fraction of sp³-hybridized carbons (Fsp3) is 0.222. The molecule has 0 spiro atoms. The van der Waals surface area contributed by atoms with E-state index in [4.69, 9.17) is 5.11 Å². The van der Waals surface area contributed by atoms with Gasteiger partial charge in [-0.15, -0.1) is 0 Å². The lowest BCUT2D eigenvalue weighted by Crippen LogP contribution is -2.03. The summed E-state index contributed by atoms with van der Waals surface area (Å²) < 4.78 is 0. The quantitative estimate of drug-likeness (QED) is 0.571. The number of aromatic carboxylic acids is 1. The number of hydrogen-bond acceptors (Lipinski definition) is 4. The molecule has 0 unspecified atom stereocenters. The number of aromatic nitrogens is 2. The van der Waals surface area contributed by atoms with Crippen LogP contribution in [0.4, 0.5) is 0 Å². The van der Waals surface area contributed by atoms with Gasteiger partial charge >= 0.3 is 5.97 Å². The first kappa shape index (κ1) is 11.0. The summed E-state index contributed by atoms with van der Waals surface area (Å²) in [7, 11) is 1.70. The van der Waals surface area contributed by atoms with E-state index < -0.39 is 5.97 Å². The summed E-state index contributed by atoms with van der Waals surface area (Å²) in [6.07, 6.45) is 2.99. The first-order valence-electron chi connectivity index (χ1n) is 4.21. The summed E-state index contributed by atoms with van der Waals surface area (Å²) in [4.78, 5) is 10.8. The Bertz CT molecular complexity index is 408. The molecule has 0 radical (unpaired) electrons. The first-order chi connectivity index (χ1) is 7.06. The van der Waals surface area contributed by atoms with E-state index in [1.54, 1.807) is 20.2 Å².